The standard InChI is InChI=1S/C19H34B2/c1-7-14-15-8-13-9-16(14)12(3)18(10-13,11(15)2)19(20,21)17(4,5)6/h12-16H,2,7-10,20-21H2,1,3-6H3. The zero-order chi connectivity index (χ0) is 15.8. The molecule has 0 spiro atoms. The van der Waals surface area contributed by atoms with Gasteiger partial charge < -0.3 is 0 Å². The Balaban J connectivity index is 2.13. The normalized spacial score (nSPS) is 46.1. The minimum Gasteiger partial charge on any atom is -0.0990 e. The van der Waals surface area contributed by atoms with Crippen LogP contribution in [0, 0.1) is 40.4 Å². The van der Waals surface area contributed by atoms with Crippen LogP contribution in [0.25, 0.3) is 0 Å². The van der Waals surface area contributed by atoms with Crippen molar-refractivity contribution in [2.45, 2.75) is 65.5 Å². The minimum absolute atomic E-state index is 0.324. The van der Waals surface area contributed by atoms with Gasteiger partial charge in [0.05, 0.1) is 0 Å². The molecule has 4 aliphatic rings. The molecule has 116 valence electrons. The molecular weight excluding hydrogens is 250 g/mol. The van der Waals surface area contributed by atoms with Crippen LogP contribution in [0.2, 0.25) is 5.21 Å². The molecule has 4 aliphatic carbocycles. The first-order chi connectivity index (χ1) is 9.58. The second kappa shape index (κ2) is 4.45. The average Bonchev–Trinajstić information content (AvgIpc) is 2.38. The summed E-state index contributed by atoms with van der Waals surface area (Å²) in [5.74, 6) is 4.50. The summed E-state index contributed by atoms with van der Waals surface area (Å²) >= 11 is 0. The average molecular weight is 284 g/mol. The highest BCUT2D eigenvalue weighted by atomic mass is 14.7. The zero-order valence-electron chi connectivity index (χ0n) is 15.4. The topological polar surface area (TPSA) is 0 Å². The number of hydrogen-bond donors (Lipinski definition) is 0. The molecule has 6 atom stereocenters. The lowest BCUT2D eigenvalue weighted by molar-refractivity contribution is -0.114. The molecule has 4 saturated carbocycles. The summed E-state index contributed by atoms with van der Waals surface area (Å²) in [4.78, 5) is 0. The van der Waals surface area contributed by atoms with E-state index in [4.69, 9.17) is 6.58 Å². The van der Waals surface area contributed by atoms with Crippen LogP contribution in [-0.2, 0) is 0 Å². The molecule has 21 heavy (non-hydrogen) atoms. The van der Waals surface area contributed by atoms with Crippen LogP contribution in [0.4, 0.5) is 0 Å². The summed E-state index contributed by atoms with van der Waals surface area (Å²) in [6.07, 6.45) is 5.73. The second-order valence-electron chi connectivity index (χ2n) is 10.0. The molecule has 0 N–H and O–H groups in total. The van der Waals surface area contributed by atoms with Gasteiger partial charge in [-0.2, -0.15) is 0 Å². The van der Waals surface area contributed by atoms with Crippen molar-refractivity contribution in [1.29, 1.82) is 0 Å². The van der Waals surface area contributed by atoms with Crippen LogP contribution < -0.4 is 0 Å². The highest BCUT2D eigenvalue weighted by Gasteiger charge is 2.66. The fourth-order valence-corrected chi connectivity index (χ4v) is 6.87. The fraction of sp³-hybridized carbons (Fsp3) is 0.895. The summed E-state index contributed by atoms with van der Waals surface area (Å²) in [5.41, 5.74) is 2.36. The molecule has 0 aromatic rings. The molecule has 2 heteroatoms. The Morgan fingerprint density at radius 1 is 1.24 bits per heavy atom. The van der Waals surface area contributed by atoms with Crippen molar-refractivity contribution in [3.05, 3.63) is 12.2 Å². The molecule has 0 aliphatic heterocycles. The lowest BCUT2D eigenvalue weighted by atomic mass is 9.24. The van der Waals surface area contributed by atoms with Gasteiger partial charge in [-0.25, -0.2) is 0 Å². The largest absolute Gasteiger partial charge is 0.101 e. The van der Waals surface area contributed by atoms with E-state index in [1.165, 1.54) is 25.7 Å². The van der Waals surface area contributed by atoms with Crippen LogP contribution in [0.3, 0.4) is 0 Å². The van der Waals surface area contributed by atoms with Crippen molar-refractivity contribution >= 4 is 15.7 Å². The predicted octanol–water partition coefficient (Wildman–Crippen LogP) is 3.68. The van der Waals surface area contributed by atoms with Gasteiger partial charge in [0.25, 0.3) is 0 Å². The molecule has 0 nitrogen and oxygen atoms in total. The SMILES string of the molecule is BC(B)(C(C)(C)C)C12CC3CC(C1=C)C(CC)C(C3)C2C. The maximum Gasteiger partial charge on any atom is 0.101 e. The quantitative estimate of drug-likeness (QED) is 0.536. The molecule has 0 heterocycles. The molecule has 4 bridgehead atoms. The highest BCUT2D eigenvalue weighted by molar-refractivity contribution is 6.41. The van der Waals surface area contributed by atoms with Gasteiger partial charge in [0.2, 0.25) is 0 Å². The maximum absolute atomic E-state index is 4.75. The third-order valence-corrected chi connectivity index (χ3v) is 8.77. The second-order valence-corrected chi connectivity index (χ2v) is 10.0. The number of hydrogen-bond acceptors (Lipinski definition) is 0. The summed E-state index contributed by atoms with van der Waals surface area (Å²) in [6, 6.07) is 0. The van der Waals surface area contributed by atoms with E-state index < -0.39 is 0 Å². The Bertz CT molecular complexity index is 459. The molecular formula is C19H34B2. The van der Waals surface area contributed by atoms with E-state index >= 15 is 0 Å². The molecule has 0 radical (unpaired) electrons. The Hall–Kier alpha value is -0.130. The maximum atomic E-state index is 4.75. The van der Waals surface area contributed by atoms with Crippen LogP contribution in [0.1, 0.15) is 60.3 Å². The summed E-state index contributed by atoms with van der Waals surface area (Å²) in [7, 11) is 5.09. The van der Waals surface area contributed by atoms with E-state index in [0.29, 0.717) is 16.0 Å². The van der Waals surface area contributed by atoms with Crippen molar-refractivity contribution < 1.29 is 0 Å². The van der Waals surface area contributed by atoms with Crippen LogP contribution in [0.15, 0.2) is 12.2 Å². The lowest BCUT2D eigenvalue weighted by Crippen LogP contribution is -2.63. The van der Waals surface area contributed by atoms with Gasteiger partial charge in [0.15, 0.2) is 0 Å². The molecule has 4 rings (SSSR count). The summed E-state index contributed by atoms with van der Waals surface area (Å²) in [6.45, 7) is 17.1. The van der Waals surface area contributed by atoms with E-state index in [0.717, 1.165) is 29.6 Å². The van der Waals surface area contributed by atoms with E-state index in [2.05, 4.69) is 50.3 Å². The van der Waals surface area contributed by atoms with E-state index in [1.807, 2.05) is 0 Å². The van der Waals surface area contributed by atoms with Gasteiger partial charge >= 0.3 is 0 Å². The van der Waals surface area contributed by atoms with Gasteiger partial charge in [-0.1, -0.05) is 58.4 Å². The summed E-state index contributed by atoms with van der Waals surface area (Å²) < 4.78 is 0. The molecule has 4 fully saturated rings. The first-order valence-electron chi connectivity index (χ1n) is 9.27. The first kappa shape index (κ1) is 15.8. The number of allylic oxidation sites excluding steroid dienone is 1. The van der Waals surface area contributed by atoms with Crippen molar-refractivity contribution in [3.8, 4) is 0 Å². The van der Waals surface area contributed by atoms with Gasteiger partial charge in [-0.3, -0.25) is 0 Å². The Labute approximate surface area is 134 Å². The van der Waals surface area contributed by atoms with E-state index in [1.54, 1.807) is 5.57 Å². The molecule has 0 aromatic carbocycles. The summed E-state index contributed by atoms with van der Waals surface area (Å²) in [5, 5.41) is 0.324. The van der Waals surface area contributed by atoms with Crippen LogP contribution >= 0.6 is 0 Å². The minimum atomic E-state index is 0.324. The molecule has 0 saturated heterocycles. The van der Waals surface area contributed by atoms with Gasteiger partial charge in [-0.05, 0) is 59.7 Å². The van der Waals surface area contributed by atoms with Crippen LogP contribution in [0.5, 0.6) is 0 Å². The van der Waals surface area contributed by atoms with Crippen molar-refractivity contribution in [1.82, 2.24) is 0 Å². The predicted molar refractivity (Wildman–Crippen MR) is 98.1 cm³/mol. The van der Waals surface area contributed by atoms with Crippen LogP contribution in [-0.4, -0.2) is 15.7 Å². The Morgan fingerprint density at radius 2 is 1.86 bits per heavy atom. The molecule has 0 amide bonds. The Morgan fingerprint density at radius 3 is 2.38 bits per heavy atom. The smallest absolute Gasteiger partial charge is 0.0990 e. The van der Waals surface area contributed by atoms with E-state index in [9.17, 15) is 0 Å². The highest BCUT2D eigenvalue weighted by Crippen LogP contribution is 2.75. The third kappa shape index (κ3) is 1.71. The molecule has 0 aromatic heterocycles. The monoisotopic (exact) mass is 284 g/mol. The van der Waals surface area contributed by atoms with Crippen molar-refractivity contribution in [2.75, 3.05) is 0 Å². The van der Waals surface area contributed by atoms with Gasteiger partial charge in [0.1, 0.15) is 15.7 Å². The lowest BCUT2D eigenvalue weighted by Gasteiger charge is -2.72. The first-order valence-corrected chi connectivity index (χ1v) is 9.27. The Kier molecular flexibility index (Phi) is 3.34. The van der Waals surface area contributed by atoms with Gasteiger partial charge in [0, 0.05) is 0 Å². The number of rotatable bonds is 2. The third-order valence-electron chi connectivity index (χ3n) is 8.77. The van der Waals surface area contributed by atoms with Crippen molar-refractivity contribution in [2.24, 2.45) is 40.4 Å². The van der Waals surface area contributed by atoms with Gasteiger partial charge in [-0.15, -0.1) is 0 Å². The molecule has 6 unspecified atom stereocenters. The van der Waals surface area contributed by atoms with E-state index in [-0.39, 0.29) is 0 Å². The van der Waals surface area contributed by atoms with Crippen molar-refractivity contribution in [3.63, 3.8) is 0 Å². The zero-order valence-corrected chi connectivity index (χ0v) is 15.4. The fourth-order valence-electron chi connectivity index (χ4n) is 6.87.